The van der Waals surface area contributed by atoms with Gasteiger partial charge in [0.15, 0.2) is 0 Å². The van der Waals surface area contributed by atoms with Gasteiger partial charge >= 0.3 is 5.97 Å². The van der Waals surface area contributed by atoms with Crippen LogP contribution in [-0.4, -0.2) is 34.4 Å². The molecular formula is C15H20O3S2. The third-order valence-electron chi connectivity index (χ3n) is 3.41. The lowest BCUT2D eigenvalue weighted by Gasteiger charge is -2.30. The van der Waals surface area contributed by atoms with Crippen LogP contribution in [0.4, 0.5) is 0 Å². The van der Waals surface area contributed by atoms with E-state index in [-0.39, 0.29) is 5.75 Å². The number of carboxylic acid groups (broad SMARTS) is 1. The number of hydrogen-bond acceptors (Lipinski definition) is 4. The van der Waals surface area contributed by atoms with Crippen molar-refractivity contribution in [2.24, 2.45) is 0 Å². The first kappa shape index (κ1) is 15.6. The van der Waals surface area contributed by atoms with E-state index in [0.29, 0.717) is 10.5 Å². The maximum absolute atomic E-state index is 10.7. The molecule has 0 heterocycles. The van der Waals surface area contributed by atoms with Crippen LogP contribution >= 0.6 is 23.5 Å². The van der Waals surface area contributed by atoms with Gasteiger partial charge in [-0.15, -0.1) is 23.5 Å². The zero-order chi connectivity index (χ0) is 14.4. The molecule has 0 spiro atoms. The third kappa shape index (κ3) is 4.63. The first-order chi connectivity index (χ1) is 9.69. The predicted octanol–water partition coefficient (Wildman–Crippen LogP) is 3.92. The van der Waals surface area contributed by atoms with Crippen LogP contribution in [-0.2, 0) is 4.79 Å². The number of aliphatic carboxylic acids is 1. The minimum absolute atomic E-state index is 0.213. The van der Waals surface area contributed by atoms with Crippen molar-refractivity contribution in [3.05, 3.63) is 24.3 Å². The topological polar surface area (TPSA) is 46.5 Å². The summed E-state index contributed by atoms with van der Waals surface area (Å²) in [5, 5.41) is 9.80. The van der Waals surface area contributed by atoms with Gasteiger partial charge in [-0.3, -0.25) is 4.79 Å². The number of carbonyl (C=O) groups is 1. The fraction of sp³-hybridized carbons (Fsp3) is 0.533. The van der Waals surface area contributed by atoms with Crippen LogP contribution in [0, 0.1) is 0 Å². The molecule has 0 radical (unpaired) electrons. The Morgan fingerprint density at radius 1 is 1.25 bits per heavy atom. The van der Waals surface area contributed by atoms with Crippen molar-refractivity contribution in [1.82, 2.24) is 0 Å². The molecule has 1 saturated carbocycles. The van der Waals surface area contributed by atoms with Crippen molar-refractivity contribution < 1.29 is 14.6 Å². The zero-order valence-corrected chi connectivity index (χ0v) is 13.2. The van der Waals surface area contributed by atoms with Crippen molar-refractivity contribution in [3.8, 4) is 5.75 Å². The van der Waals surface area contributed by atoms with Gasteiger partial charge in [0.05, 0.1) is 12.9 Å². The zero-order valence-electron chi connectivity index (χ0n) is 11.6. The monoisotopic (exact) mass is 312 g/mol. The second-order valence-corrected chi connectivity index (χ2v) is 7.40. The molecular weight excluding hydrogens is 292 g/mol. The molecule has 1 fully saturated rings. The molecule has 20 heavy (non-hydrogen) atoms. The van der Waals surface area contributed by atoms with Crippen LogP contribution in [0.5, 0.6) is 5.75 Å². The van der Waals surface area contributed by atoms with Crippen molar-refractivity contribution >= 4 is 29.5 Å². The van der Waals surface area contributed by atoms with E-state index < -0.39 is 5.97 Å². The molecule has 0 saturated heterocycles. The average molecular weight is 312 g/mol. The highest BCUT2D eigenvalue weighted by Crippen LogP contribution is 2.39. The van der Waals surface area contributed by atoms with Crippen molar-refractivity contribution in [3.63, 3.8) is 0 Å². The van der Waals surface area contributed by atoms with Crippen molar-refractivity contribution in [2.45, 2.75) is 41.1 Å². The lowest BCUT2D eigenvalue weighted by Crippen LogP contribution is -2.25. The highest BCUT2D eigenvalue weighted by Gasteiger charge is 2.26. The van der Waals surface area contributed by atoms with Gasteiger partial charge in [-0.1, -0.05) is 12.8 Å². The second-order valence-electron chi connectivity index (χ2n) is 4.86. The molecule has 2 rings (SSSR count). The summed E-state index contributed by atoms with van der Waals surface area (Å²) in [4.78, 5) is 12.0. The Kier molecular flexibility index (Phi) is 6.10. The van der Waals surface area contributed by atoms with E-state index in [2.05, 4.69) is 12.1 Å². The number of carboxylic acids is 1. The molecule has 0 aromatic heterocycles. The minimum atomic E-state index is -0.714. The SMILES string of the molecule is COc1ccc(S[C@@H]2CCCC[C@H]2SCC(=O)O)cc1. The largest absolute Gasteiger partial charge is 0.497 e. The average Bonchev–Trinajstić information content (AvgIpc) is 2.47. The van der Waals surface area contributed by atoms with Crippen LogP contribution in [0.15, 0.2) is 29.2 Å². The molecule has 1 aromatic carbocycles. The molecule has 0 aliphatic heterocycles. The molecule has 3 nitrogen and oxygen atoms in total. The summed E-state index contributed by atoms with van der Waals surface area (Å²) in [5.41, 5.74) is 0. The van der Waals surface area contributed by atoms with Gasteiger partial charge in [0, 0.05) is 15.4 Å². The fourth-order valence-electron chi connectivity index (χ4n) is 2.40. The summed E-state index contributed by atoms with van der Waals surface area (Å²) in [6, 6.07) is 8.11. The van der Waals surface area contributed by atoms with Gasteiger partial charge in [0.1, 0.15) is 5.75 Å². The fourth-order valence-corrected chi connectivity index (χ4v) is 5.05. The number of thioether (sulfide) groups is 2. The Hall–Kier alpha value is -0.810. The van der Waals surface area contributed by atoms with Crippen LogP contribution in [0.3, 0.4) is 0 Å². The number of ether oxygens (including phenoxy) is 1. The van der Waals surface area contributed by atoms with E-state index in [1.807, 2.05) is 23.9 Å². The van der Waals surface area contributed by atoms with Gasteiger partial charge in [-0.25, -0.2) is 0 Å². The van der Waals surface area contributed by atoms with E-state index in [1.165, 1.54) is 24.2 Å². The Bertz CT molecular complexity index is 433. The Balaban J connectivity index is 1.94. The molecule has 110 valence electrons. The first-order valence-electron chi connectivity index (χ1n) is 6.83. The molecule has 1 aliphatic rings. The molecule has 1 aliphatic carbocycles. The normalized spacial score (nSPS) is 22.4. The van der Waals surface area contributed by atoms with Crippen LogP contribution < -0.4 is 4.74 Å². The molecule has 0 unspecified atom stereocenters. The first-order valence-corrected chi connectivity index (χ1v) is 8.76. The lowest BCUT2D eigenvalue weighted by molar-refractivity contribution is -0.133. The third-order valence-corrected chi connectivity index (χ3v) is 6.40. The molecule has 2 atom stereocenters. The second kappa shape index (κ2) is 7.84. The van der Waals surface area contributed by atoms with Crippen molar-refractivity contribution in [1.29, 1.82) is 0 Å². The molecule has 1 aromatic rings. The summed E-state index contributed by atoms with van der Waals surface area (Å²) >= 11 is 3.47. The quantitative estimate of drug-likeness (QED) is 0.862. The van der Waals surface area contributed by atoms with Gasteiger partial charge in [0.25, 0.3) is 0 Å². The van der Waals surface area contributed by atoms with E-state index in [4.69, 9.17) is 9.84 Å². The van der Waals surface area contributed by atoms with Gasteiger partial charge in [-0.2, -0.15) is 0 Å². The standard InChI is InChI=1S/C15H20O3S2/c1-18-11-6-8-12(9-7-11)20-14-5-3-2-4-13(14)19-10-15(16)17/h6-9,13-14H,2-5,10H2,1H3,(H,16,17)/t13-,14-/m1/s1. The maximum atomic E-state index is 10.7. The van der Waals surface area contributed by atoms with Crippen LogP contribution in [0.2, 0.25) is 0 Å². The van der Waals surface area contributed by atoms with E-state index in [0.717, 1.165) is 12.2 Å². The molecule has 5 heteroatoms. The van der Waals surface area contributed by atoms with Gasteiger partial charge in [-0.05, 0) is 37.1 Å². The Labute approximate surface area is 128 Å². The van der Waals surface area contributed by atoms with Crippen molar-refractivity contribution in [2.75, 3.05) is 12.9 Å². The van der Waals surface area contributed by atoms with E-state index in [9.17, 15) is 4.79 Å². The maximum Gasteiger partial charge on any atom is 0.313 e. The summed E-state index contributed by atoms with van der Waals surface area (Å²) in [5.74, 6) is 0.369. The molecule has 1 N–H and O–H groups in total. The molecule has 0 amide bonds. The summed E-state index contributed by atoms with van der Waals surface area (Å²) in [7, 11) is 1.67. The van der Waals surface area contributed by atoms with E-state index in [1.54, 1.807) is 18.9 Å². The number of hydrogen-bond donors (Lipinski definition) is 1. The summed E-state index contributed by atoms with van der Waals surface area (Å²) in [6.07, 6.45) is 4.77. The highest BCUT2D eigenvalue weighted by atomic mass is 32.2. The lowest BCUT2D eigenvalue weighted by atomic mass is 10.00. The summed E-state index contributed by atoms with van der Waals surface area (Å²) in [6.45, 7) is 0. The number of methoxy groups -OCH3 is 1. The van der Waals surface area contributed by atoms with Gasteiger partial charge < -0.3 is 9.84 Å². The number of rotatable bonds is 6. The smallest absolute Gasteiger partial charge is 0.313 e. The van der Waals surface area contributed by atoms with Crippen LogP contribution in [0.25, 0.3) is 0 Å². The number of benzene rings is 1. The summed E-state index contributed by atoms with van der Waals surface area (Å²) < 4.78 is 5.17. The highest BCUT2D eigenvalue weighted by molar-refractivity contribution is 8.04. The van der Waals surface area contributed by atoms with E-state index >= 15 is 0 Å². The molecule has 0 bridgehead atoms. The predicted molar refractivity (Wildman–Crippen MR) is 85.0 cm³/mol. The Morgan fingerprint density at radius 2 is 1.90 bits per heavy atom. The van der Waals surface area contributed by atoms with Crippen LogP contribution in [0.1, 0.15) is 25.7 Å². The minimum Gasteiger partial charge on any atom is -0.497 e. The van der Waals surface area contributed by atoms with Gasteiger partial charge in [0.2, 0.25) is 0 Å². The Morgan fingerprint density at radius 3 is 2.50 bits per heavy atom.